The highest BCUT2D eigenvalue weighted by molar-refractivity contribution is 7.10. The van der Waals surface area contributed by atoms with Crippen LogP contribution >= 0.6 is 11.3 Å². The third-order valence-electron chi connectivity index (χ3n) is 2.51. The highest BCUT2D eigenvalue weighted by atomic mass is 32.1. The first-order valence-electron chi connectivity index (χ1n) is 4.23. The fourth-order valence-electron chi connectivity index (χ4n) is 1.72. The molecule has 1 heterocycles. The van der Waals surface area contributed by atoms with Crippen LogP contribution < -0.4 is 5.32 Å². The quantitative estimate of drug-likeness (QED) is 0.705. The van der Waals surface area contributed by atoms with Crippen molar-refractivity contribution in [3.05, 3.63) is 21.6 Å². The molecule has 1 aromatic rings. The minimum atomic E-state index is -0.00468. The first-order valence-corrected chi connectivity index (χ1v) is 5.11. The topological polar surface area (TPSA) is 12.0 Å². The average molecular weight is 185 g/mol. The minimum absolute atomic E-state index is 0.00468. The normalized spacial score (nSPS) is 22.3. The molecule has 1 N–H and O–H groups in total. The number of likely N-dealkylation sites (N-methyl/N-ethyl adjacent to an activating group) is 1. The Morgan fingerprint density at radius 1 is 1.67 bits per heavy atom. The van der Waals surface area contributed by atoms with Gasteiger partial charge in [0.2, 0.25) is 0 Å². The van der Waals surface area contributed by atoms with Crippen LogP contribution in [-0.2, 0) is 12.8 Å². The second kappa shape index (κ2) is 3.15. The molecule has 0 aromatic carbocycles. The van der Waals surface area contributed by atoms with Crippen molar-refractivity contribution in [1.29, 1.82) is 0 Å². The van der Waals surface area contributed by atoms with Crippen LogP contribution in [0.1, 0.15) is 16.9 Å². The SMILES string of the molecule is CNC1CCc2scc(F)c2C1. The third kappa shape index (κ3) is 1.27. The highest BCUT2D eigenvalue weighted by Crippen LogP contribution is 2.28. The second-order valence-electron chi connectivity index (χ2n) is 3.21. The van der Waals surface area contributed by atoms with Gasteiger partial charge in [0.25, 0.3) is 0 Å². The van der Waals surface area contributed by atoms with Crippen molar-refractivity contribution in [3.63, 3.8) is 0 Å². The summed E-state index contributed by atoms with van der Waals surface area (Å²) < 4.78 is 13.1. The molecule has 1 aliphatic rings. The number of hydrogen-bond donors (Lipinski definition) is 1. The maximum atomic E-state index is 13.1. The molecule has 1 nitrogen and oxygen atoms in total. The monoisotopic (exact) mass is 185 g/mol. The third-order valence-corrected chi connectivity index (χ3v) is 3.57. The first-order chi connectivity index (χ1) is 5.81. The molecule has 0 amide bonds. The Hall–Kier alpha value is -0.410. The summed E-state index contributed by atoms with van der Waals surface area (Å²) in [4.78, 5) is 1.25. The van der Waals surface area contributed by atoms with E-state index in [1.807, 2.05) is 7.05 Å². The number of nitrogens with one attached hydrogen (secondary N) is 1. The molecule has 0 radical (unpaired) electrons. The predicted octanol–water partition coefficient (Wildman–Crippen LogP) is 1.96. The molecule has 2 rings (SSSR count). The molecule has 1 unspecified atom stereocenters. The van der Waals surface area contributed by atoms with E-state index in [1.165, 1.54) is 4.88 Å². The molecule has 1 aliphatic carbocycles. The summed E-state index contributed by atoms with van der Waals surface area (Å²) >= 11 is 1.56. The van der Waals surface area contributed by atoms with E-state index in [0.29, 0.717) is 6.04 Å². The molecule has 1 aromatic heterocycles. The van der Waals surface area contributed by atoms with Gasteiger partial charge in [0.1, 0.15) is 5.82 Å². The van der Waals surface area contributed by atoms with Crippen LogP contribution in [0.15, 0.2) is 5.38 Å². The molecule has 0 spiro atoms. The van der Waals surface area contributed by atoms with E-state index in [-0.39, 0.29) is 5.82 Å². The van der Waals surface area contributed by atoms with Gasteiger partial charge in [-0.3, -0.25) is 0 Å². The zero-order chi connectivity index (χ0) is 8.55. The lowest BCUT2D eigenvalue weighted by atomic mass is 9.94. The van der Waals surface area contributed by atoms with E-state index in [9.17, 15) is 4.39 Å². The van der Waals surface area contributed by atoms with E-state index < -0.39 is 0 Å². The van der Waals surface area contributed by atoms with Crippen LogP contribution in [0, 0.1) is 5.82 Å². The van der Waals surface area contributed by atoms with E-state index in [1.54, 1.807) is 16.7 Å². The van der Waals surface area contributed by atoms with Gasteiger partial charge in [0.15, 0.2) is 0 Å². The number of aryl methyl sites for hydroxylation is 1. The van der Waals surface area contributed by atoms with Gasteiger partial charge in [-0.1, -0.05) is 0 Å². The van der Waals surface area contributed by atoms with Crippen LogP contribution in [0.25, 0.3) is 0 Å². The van der Waals surface area contributed by atoms with Gasteiger partial charge < -0.3 is 5.32 Å². The Morgan fingerprint density at radius 2 is 2.50 bits per heavy atom. The summed E-state index contributed by atoms with van der Waals surface area (Å²) in [6.07, 6.45) is 3.04. The number of thiophene rings is 1. The average Bonchev–Trinajstić information content (AvgIpc) is 2.47. The molecule has 1 atom stereocenters. The van der Waals surface area contributed by atoms with Gasteiger partial charge in [0, 0.05) is 21.9 Å². The lowest BCUT2D eigenvalue weighted by Crippen LogP contribution is -2.31. The van der Waals surface area contributed by atoms with E-state index in [4.69, 9.17) is 0 Å². The van der Waals surface area contributed by atoms with E-state index in [0.717, 1.165) is 24.8 Å². The summed E-state index contributed by atoms with van der Waals surface area (Å²) in [6, 6.07) is 0.474. The van der Waals surface area contributed by atoms with Gasteiger partial charge in [-0.25, -0.2) is 4.39 Å². The fourth-order valence-corrected chi connectivity index (χ4v) is 2.67. The lowest BCUT2D eigenvalue weighted by molar-refractivity contribution is 0.484. The van der Waals surface area contributed by atoms with Crippen LogP contribution in [0.3, 0.4) is 0 Å². The predicted molar refractivity (Wildman–Crippen MR) is 49.1 cm³/mol. The van der Waals surface area contributed by atoms with Crippen LogP contribution in [0.4, 0.5) is 4.39 Å². The maximum absolute atomic E-state index is 13.1. The van der Waals surface area contributed by atoms with Crippen molar-refractivity contribution in [1.82, 2.24) is 5.32 Å². The van der Waals surface area contributed by atoms with Gasteiger partial charge in [-0.2, -0.15) is 0 Å². The van der Waals surface area contributed by atoms with Gasteiger partial charge >= 0.3 is 0 Å². The van der Waals surface area contributed by atoms with Crippen molar-refractivity contribution >= 4 is 11.3 Å². The lowest BCUT2D eigenvalue weighted by Gasteiger charge is -2.21. The van der Waals surface area contributed by atoms with Crippen LogP contribution in [-0.4, -0.2) is 13.1 Å². The Kier molecular flexibility index (Phi) is 2.15. The van der Waals surface area contributed by atoms with Crippen molar-refractivity contribution < 1.29 is 4.39 Å². The molecule has 0 saturated carbocycles. The Bertz CT molecular complexity index is 282. The summed E-state index contributed by atoms with van der Waals surface area (Å²) in [6.45, 7) is 0. The van der Waals surface area contributed by atoms with Crippen molar-refractivity contribution in [2.24, 2.45) is 0 Å². The van der Waals surface area contributed by atoms with Gasteiger partial charge in [0.05, 0.1) is 0 Å². The highest BCUT2D eigenvalue weighted by Gasteiger charge is 2.21. The maximum Gasteiger partial charge on any atom is 0.137 e. The first kappa shape index (κ1) is 8.20. The molecular weight excluding hydrogens is 173 g/mol. The van der Waals surface area contributed by atoms with Crippen molar-refractivity contribution in [2.75, 3.05) is 7.05 Å². The van der Waals surface area contributed by atoms with Crippen LogP contribution in [0.2, 0.25) is 0 Å². The van der Waals surface area contributed by atoms with E-state index in [2.05, 4.69) is 5.32 Å². The minimum Gasteiger partial charge on any atom is -0.317 e. The zero-order valence-electron chi connectivity index (χ0n) is 7.06. The molecule has 12 heavy (non-hydrogen) atoms. The van der Waals surface area contributed by atoms with Crippen molar-refractivity contribution in [3.8, 4) is 0 Å². The molecule has 66 valence electrons. The smallest absolute Gasteiger partial charge is 0.137 e. The van der Waals surface area contributed by atoms with Gasteiger partial charge in [-0.15, -0.1) is 11.3 Å². The van der Waals surface area contributed by atoms with Crippen molar-refractivity contribution in [2.45, 2.75) is 25.3 Å². The summed E-state index contributed by atoms with van der Waals surface area (Å²) in [5, 5.41) is 4.83. The van der Waals surface area contributed by atoms with E-state index >= 15 is 0 Å². The Morgan fingerprint density at radius 3 is 3.25 bits per heavy atom. The number of rotatable bonds is 1. The number of fused-ring (bicyclic) bond motifs is 1. The summed E-state index contributed by atoms with van der Waals surface area (Å²) in [7, 11) is 1.94. The number of hydrogen-bond acceptors (Lipinski definition) is 2. The Balaban J connectivity index is 2.26. The largest absolute Gasteiger partial charge is 0.317 e. The fraction of sp³-hybridized carbons (Fsp3) is 0.556. The second-order valence-corrected chi connectivity index (χ2v) is 4.18. The summed E-state index contributed by atoms with van der Waals surface area (Å²) in [5.41, 5.74) is 0.950. The molecule has 0 saturated heterocycles. The number of halogens is 1. The Labute approximate surface area is 75.6 Å². The molecule has 0 bridgehead atoms. The standard InChI is InChI=1S/C9H12FNS/c1-11-6-2-3-9-7(4-6)8(10)5-12-9/h5-6,11H,2-4H2,1H3. The molecule has 0 aliphatic heterocycles. The zero-order valence-corrected chi connectivity index (χ0v) is 7.88. The molecular formula is C9H12FNS. The summed E-state index contributed by atoms with van der Waals surface area (Å²) in [5.74, 6) is -0.00468. The molecule has 0 fully saturated rings. The van der Waals surface area contributed by atoms with Crippen LogP contribution in [0.5, 0.6) is 0 Å². The molecule has 3 heteroatoms. The van der Waals surface area contributed by atoms with Gasteiger partial charge in [-0.05, 0) is 26.3 Å².